The lowest BCUT2D eigenvalue weighted by Gasteiger charge is -2.30. The van der Waals surface area contributed by atoms with Gasteiger partial charge in [-0.25, -0.2) is 0 Å². The quantitative estimate of drug-likeness (QED) is 0.879. The molecule has 3 nitrogen and oxygen atoms in total. The van der Waals surface area contributed by atoms with Crippen LogP contribution in [0.25, 0.3) is 0 Å². The molecule has 0 spiro atoms. The number of benzene rings is 1. The number of hydrogen-bond donors (Lipinski definition) is 1. The summed E-state index contributed by atoms with van der Waals surface area (Å²) < 4.78 is 5.55. The molecule has 4 heteroatoms. The Balaban J connectivity index is 2.17. The first-order valence-electron chi connectivity index (χ1n) is 6.85. The van der Waals surface area contributed by atoms with E-state index in [1.165, 1.54) is 5.56 Å². The maximum atomic E-state index is 6.27. The number of furan rings is 1. The van der Waals surface area contributed by atoms with Crippen LogP contribution in [0.3, 0.4) is 0 Å². The molecule has 20 heavy (non-hydrogen) atoms. The summed E-state index contributed by atoms with van der Waals surface area (Å²) >= 11 is 6.04. The van der Waals surface area contributed by atoms with Crippen molar-refractivity contribution in [2.45, 2.75) is 32.0 Å². The first-order chi connectivity index (χ1) is 9.61. The molecule has 1 aromatic carbocycles. The highest BCUT2D eigenvalue weighted by Gasteiger charge is 2.25. The molecule has 0 aliphatic rings. The fraction of sp³-hybridized carbons (Fsp3) is 0.375. The molecule has 0 saturated carbocycles. The van der Waals surface area contributed by atoms with E-state index in [4.69, 9.17) is 21.8 Å². The molecular weight excluding hydrogens is 272 g/mol. The van der Waals surface area contributed by atoms with Crippen molar-refractivity contribution in [3.05, 3.63) is 59.0 Å². The van der Waals surface area contributed by atoms with Crippen LogP contribution >= 0.6 is 11.6 Å². The first kappa shape index (κ1) is 15.1. The highest BCUT2D eigenvalue weighted by Crippen LogP contribution is 2.26. The molecule has 2 atom stereocenters. The van der Waals surface area contributed by atoms with Crippen molar-refractivity contribution in [3.63, 3.8) is 0 Å². The van der Waals surface area contributed by atoms with Gasteiger partial charge in [0, 0.05) is 17.6 Å². The SMILES string of the molecule is CCC(N)C(c1ccco1)N(C)Cc1cccc(Cl)c1. The molecule has 0 bridgehead atoms. The van der Waals surface area contributed by atoms with Gasteiger partial charge in [0.05, 0.1) is 12.3 Å². The van der Waals surface area contributed by atoms with Crippen molar-refractivity contribution >= 4 is 11.6 Å². The number of hydrogen-bond acceptors (Lipinski definition) is 3. The van der Waals surface area contributed by atoms with E-state index in [1.54, 1.807) is 6.26 Å². The zero-order valence-electron chi connectivity index (χ0n) is 11.9. The number of halogens is 1. The van der Waals surface area contributed by atoms with Gasteiger partial charge >= 0.3 is 0 Å². The molecule has 1 aromatic heterocycles. The van der Waals surface area contributed by atoms with Crippen molar-refractivity contribution in [3.8, 4) is 0 Å². The highest BCUT2D eigenvalue weighted by atomic mass is 35.5. The smallest absolute Gasteiger partial charge is 0.122 e. The van der Waals surface area contributed by atoms with E-state index in [0.717, 1.165) is 23.7 Å². The highest BCUT2D eigenvalue weighted by molar-refractivity contribution is 6.30. The van der Waals surface area contributed by atoms with Crippen LogP contribution < -0.4 is 5.73 Å². The molecule has 2 aromatic rings. The molecule has 0 fully saturated rings. The summed E-state index contributed by atoms with van der Waals surface area (Å²) in [6.07, 6.45) is 2.59. The van der Waals surface area contributed by atoms with Crippen molar-refractivity contribution in [1.29, 1.82) is 0 Å². The Kier molecular flexibility index (Phi) is 5.24. The van der Waals surface area contributed by atoms with Gasteiger partial charge in [-0.05, 0) is 43.3 Å². The maximum Gasteiger partial charge on any atom is 0.122 e. The van der Waals surface area contributed by atoms with Gasteiger partial charge in [0.25, 0.3) is 0 Å². The van der Waals surface area contributed by atoms with Gasteiger partial charge in [-0.15, -0.1) is 0 Å². The van der Waals surface area contributed by atoms with Crippen LogP contribution in [0.5, 0.6) is 0 Å². The van der Waals surface area contributed by atoms with Gasteiger partial charge in [0.1, 0.15) is 5.76 Å². The van der Waals surface area contributed by atoms with Crippen molar-refractivity contribution in [2.24, 2.45) is 5.73 Å². The second-order valence-electron chi connectivity index (χ2n) is 5.08. The molecule has 0 saturated heterocycles. The van der Waals surface area contributed by atoms with E-state index in [1.807, 2.05) is 30.3 Å². The first-order valence-corrected chi connectivity index (χ1v) is 7.23. The number of nitrogens with zero attached hydrogens (tertiary/aromatic N) is 1. The van der Waals surface area contributed by atoms with Gasteiger partial charge in [0.2, 0.25) is 0 Å². The summed E-state index contributed by atoms with van der Waals surface area (Å²) in [6, 6.07) is 11.9. The van der Waals surface area contributed by atoms with Crippen molar-refractivity contribution in [2.75, 3.05) is 7.05 Å². The third-order valence-electron chi connectivity index (χ3n) is 3.51. The Bertz CT molecular complexity index is 527. The average Bonchev–Trinajstić information content (AvgIpc) is 2.92. The Hall–Kier alpha value is -1.29. The van der Waals surface area contributed by atoms with Crippen LogP contribution in [0, 0.1) is 0 Å². The molecule has 108 valence electrons. The topological polar surface area (TPSA) is 42.4 Å². The molecule has 2 unspecified atom stereocenters. The minimum atomic E-state index is 0.0327. The van der Waals surface area contributed by atoms with Gasteiger partial charge in [0.15, 0.2) is 0 Å². The van der Waals surface area contributed by atoms with E-state index in [2.05, 4.69) is 24.9 Å². The molecule has 2 rings (SSSR count). The zero-order valence-corrected chi connectivity index (χ0v) is 12.7. The zero-order chi connectivity index (χ0) is 14.5. The predicted octanol–water partition coefficient (Wildman–Crippen LogP) is 3.84. The summed E-state index contributed by atoms with van der Waals surface area (Å²) in [5.41, 5.74) is 7.43. The van der Waals surface area contributed by atoms with Gasteiger partial charge in [-0.1, -0.05) is 30.7 Å². The van der Waals surface area contributed by atoms with E-state index < -0.39 is 0 Å². The average molecular weight is 293 g/mol. The van der Waals surface area contributed by atoms with Crippen LogP contribution in [-0.4, -0.2) is 18.0 Å². The minimum absolute atomic E-state index is 0.0327. The van der Waals surface area contributed by atoms with Gasteiger partial charge in [-0.3, -0.25) is 4.90 Å². The standard InChI is InChI=1S/C16H21ClN2O/c1-3-14(18)16(15-8-5-9-20-15)19(2)11-12-6-4-7-13(17)10-12/h4-10,14,16H,3,11,18H2,1-2H3. The van der Waals surface area contributed by atoms with E-state index in [-0.39, 0.29) is 12.1 Å². The molecule has 0 aliphatic carbocycles. The largest absolute Gasteiger partial charge is 0.468 e. The monoisotopic (exact) mass is 292 g/mol. The third kappa shape index (κ3) is 3.63. The minimum Gasteiger partial charge on any atom is -0.468 e. The van der Waals surface area contributed by atoms with E-state index >= 15 is 0 Å². The lowest BCUT2D eigenvalue weighted by molar-refractivity contribution is 0.176. The molecule has 0 radical (unpaired) electrons. The lowest BCUT2D eigenvalue weighted by atomic mass is 10.0. The fourth-order valence-corrected chi connectivity index (χ4v) is 2.67. The summed E-state index contributed by atoms with van der Waals surface area (Å²) in [5, 5.41) is 0.755. The molecule has 0 amide bonds. The molecule has 2 N–H and O–H groups in total. The summed E-state index contributed by atoms with van der Waals surface area (Å²) in [5.74, 6) is 0.906. The maximum absolute atomic E-state index is 6.27. The number of likely N-dealkylation sites (N-methyl/N-ethyl adjacent to an activating group) is 1. The van der Waals surface area contributed by atoms with E-state index in [9.17, 15) is 0 Å². The predicted molar refractivity (Wildman–Crippen MR) is 82.6 cm³/mol. The van der Waals surface area contributed by atoms with Gasteiger partial charge in [-0.2, -0.15) is 0 Å². The normalized spacial score (nSPS) is 14.4. The second kappa shape index (κ2) is 6.93. The number of nitrogens with two attached hydrogens (primary N) is 1. The van der Waals surface area contributed by atoms with Crippen molar-refractivity contribution < 1.29 is 4.42 Å². The van der Waals surface area contributed by atoms with Crippen LogP contribution in [0.15, 0.2) is 47.1 Å². The summed E-state index contributed by atoms with van der Waals surface area (Å²) in [7, 11) is 2.06. The lowest BCUT2D eigenvalue weighted by Crippen LogP contribution is -2.38. The Morgan fingerprint density at radius 3 is 2.70 bits per heavy atom. The van der Waals surface area contributed by atoms with Crippen LogP contribution in [-0.2, 0) is 6.54 Å². The van der Waals surface area contributed by atoms with Gasteiger partial charge < -0.3 is 10.2 Å². The van der Waals surface area contributed by atoms with Crippen LogP contribution in [0.1, 0.15) is 30.7 Å². The van der Waals surface area contributed by atoms with Crippen LogP contribution in [0.2, 0.25) is 5.02 Å². The third-order valence-corrected chi connectivity index (χ3v) is 3.74. The summed E-state index contributed by atoms with van der Waals surface area (Å²) in [6.45, 7) is 2.87. The Labute approximate surface area is 125 Å². The van der Waals surface area contributed by atoms with Crippen LogP contribution in [0.4, 0.5) is 0 Å². The van der Waals surface area contributed by atoms with E-state index in [0.29, 0.717) is 0 Å². The number of rotatable bonds is 6. The second-order valence-corrected chi connectivity index (χ2v) is 5.51. The Morgan fingerprint density at radius 2 is 2.10 bits per heavy atom. The summed E-state index contributed by atoms with van der Waals surface area (Å²) in [4.78, 5) is 2.21. The molecule has 1 heterocycles. The fourth-order valence-electron chi connectivity index (χ4n) is 2.46. The molecular formula is C16H21ClN2O. The Morgan fingerprint density at radius 1 is 1.30 bits per heavy atom. The van der Waals surface area contributed by atoms with Crippen molar-refractivity contribution in [1.82, 2.24) is 4.90 Å². The molecule has 0 aliphatic heterocycles.